The molecule has 7 nitrogen and oxygen atoms in total. The van der Waals surface area contributed by atoms with Crippen molar-refractivity contribution in [3.63, 3.8) is 0 Å². The van der Waals surface area contributed by atoms with Crippen molar-refractivity contribution in [1.29, 1.82) is 0 Å². The van der Waals surface area contributed by atoms with Gasteiger partial charge in [0.2, 0.25) is 0 Å². The number of primary amides is 1. The van der Waals surface area contributed by atoms with E-state index >= 15 is 0 Å². The van der Waals surface area contributed by atoms with Crippen molar-refractivity contribution in [2.45, 2.75) is 32.1 Å². The van der Waals surface area contributed by atoms with E-state index in [0.29, 0.717) is 42.1 Å². The van der Waals surface area contributed by atoms with Crippen LogP contribution in [0.15, 0.2) is 0 Å². The number of thiophene rings is 1. The van der Waals surface area contributed by atoms with Gasteiger partial charge in [-0.1, -0.05) is 6.42 Å². The molecule has 1 aliphatic carbocycles. The molecule has 0 aromatic carbocycles. The summed E-state index contributed by atoms with van der Waals surface area (Å²) < 4.78 is 5.38. The molecule has 4 rings (SSSR count). The van der Waals surface area contributed by atoms with E-state index in [-0.39, 0.29) is 16.5 Å². The molecule has 4 N–H and O–H groups in total. The van der Waals surface area contributed by atoms with Crippen LogP contribution in [-0.2, 0) is 17.6 Å². The average molecular weight is 374 g/mol. The number of hydrogen-bond donors (Lipinski definition) is 2. The number of nitrogens with zero attached hydrogens (tertiary/aromatic N) is 2. The molecule has 1 saturated heterocycles. The van der Waals surface area contributed by atoms with E-state index in [4.69, 9.17) is 21.2 Å². The highest BCUT2D eigenvalue weighted by Crippen LogP contribution is 2.39. The Morgan fingerprint density at radius 1 is 1.12 bits per heavy atom. The molecule has 0 unspecified atom stereocenters. The minimum absolute atomic E-state index is 0.0422. The zero-order chi connectivity index (χ0) is 18.3. The molecule has 2 aliphatic rings. The van der Waals surface area contributed by atoms with Crippen LogP contribution in [0.2, 0.25) is 0 Å². The maximum absolute atomic E-state index is 13.4. The normalized spacial score (nSPS) is 17.8. The third-order valence-electron chi connectivity index (χ3n) is 5.14. The largest absolute Gasteiger partial charge is 0.397 e. The Kier molecular flexibility index (Phi) is 4.54. The fourth-order valence-electron chi connectivity index (χ4n) is 3.83. The fourth-order valence-corrected chi connectivity index (χ4v) is 4.80. The molecule has 2 amide bonds. The van der Waals surface area contributed by atoms with E-state index in [2.05, 4.69) is 0 Å². The summed E-state index contributed by atoms with van der Waals surface area (Å²) in [7, 11) is 0. The average Bonchev–Trinajstić information content (AvgIpc) is 2.82. The first-order chi connectivity index (χ1) is 12.6. The third kappa shape index (κ3) is 2.83. The number of aromatic nitrogens is 1. The van der Waals surface area contributed by atoms with Gasteiger partial charge in [-0.05, 0) is 31.2 Å². The predicted molar refractivity (Wildman–Crippen MR) is 101 cm³/mol. The van der Waals surface area contributed by atoms with E-state index in [9.17, 15) is 9.59 Å². The van der Waals surface area contributed by atoms with Gasteiger partial charge in [-0.15, -0.1) is 11.3 Å². The first kappa shape index (κ1) is 17.2. The van der Waals surface area contributed by atoms with Crippen LogP contribution >= 0.6 is 11.3 Å². The molecular weight excluding hydrogens is 352 g/mol. The summed E-state index contributed by atoms with van der Waals surface area (Å²) in [6.45, 7) is 2.19. The van der Waals surface area contributed by atoms with Crippen LogP contribution in [0.4, 0.5) is 5.69 Å². The second kappa shape index (κ2) is 6.85. The van der Waals surface area contributed by atoms with Crippen LogP contribution in [0, 0.1) is 0 Å². The highest BCUT2D eigenvalue weighted by molar-refractivity contribution is 7.21. The molecule has 3 heterocycles. The number of fused-ring (bicyclic) bond motifs is 2. The molecule has 2 aromatic rings. The van der Waals surface area contributed by atoms with E-state index in [1.165, 1.54) is 11.3 Å². The van der Waals surface area contributed by atoms with Crippen LogP contribution < -0.4 is 11.5 Å². The number of rotatable bonds is 2. The molecule has 8 heteroatoms. The van der Waals surface area contributed by atoms with E-state index in [0.717, 1.165) is 43.4 Å². The lowest BCUT2D eigenvalue weighted by Crippen LogP contribution is -2.41. The van der Waals surface area contributed by atoms with E-state index in [1.54, 1.807) is 0 Å². The summed E-state index contributed by atoms with van der Waals surface area (Å²) in [6.07, 6.45) is 4.86. The van der Waals surface area contributed by atoms with Gasteiger partial charge in [-0.25, -0.2) is 4.98 Å². The lowest BCUT2D eigenvalue weighted by Gasteiger charge is -2.28. The Morgan fingerprint density at radius 3 is 2.58 bits per heavy atom. The van der Waals surface area contributed by atoms with Crippen molar-refractivity contribution >= 4 is 39.1 Å². The number of hydrogen-bond acceptors (Lipinski definition) is 6. The molecule has 1 fully saturated rings. The molecule has 0 atom stereocenters. The Labute approximate surface area is 155 Å². The van der Waals surface area contributed by atoms with Gasteiger partial charge in [0.15, 0.2) is 0 Å². The Bertz CT molecular complexity index is 886. The van der Waals surface area contributed by atoms with Crippen molar-refractivity contribution in [2.24, 2.45) is 5.73 Å². The van der Waals surface area contributed by atoms with Gasteiger partial charge in [0, 0.05) is 24.2 Å². The van der Waals surface area contributed by atoms with E-state index in [1.807, 2.05) is 4.90 Å². The zero-order valence-corrected chi connectivity index (χ0v) is 15.4. The molecule has 26 heavy (non-hydrogen) atoms. The van der Waals surface area contributed by atoms with Crippen LogP contribution in [0.3, 0.4) is 0 Å². The highest BCUT2D eigenvalue weighted by Gasteiger charge is 2.30. The van der Waals surface area contributed by atoms with Crippen LogP contribution in [-0.4, -0.2) is 48.0 Å². The zero-order valence-electron chi connectivity index (χ0n) is 14.5. The SMILES string of the molecule is NC(=O)c1sc2nc3c(c(C(=O)N4CCOCC4)c2c1N)CCCCC3. The number of pyridine rings is 1. The highest BCUT2D eigenvalue weighted by atomic mass is 32.1. The molecule has 0 spiro atoms. The van der Waals surface area contributed by atoms with Gasteiger partial charge in [0.25, 0.3) is 11.8 Å². The monoisotopic (exact) mass is 374 g/mol. The number of carbonyl (C=O) groups is 2. The van der Waals surface area contributed by atoms with Gasteiger partial charge >= 0.3 is 0 Å². The van der Waals surface area contributed by atoms with Crippen molar-refractivity contribution in [2.75, 3.05) is 32.0 Å². The maximum Gasteiger partial charge on any atom is 0.260 e. The van der Waals surface area contributed by atoms with Crippen molar-refractivity contribution in [3.8, 4) is 0 Å². The number of anilines is 1. The third-order valence-corrected chi connectivity index (χ3v) is 6.25. The van der Waals surface area contributed by atoms with Crippen LogP contribution in [0.25, 0.3) is 10.2 Å². The standard InChI is InChI=1S/C18H22N4O3S/c19-14-13-12(18(24)22-6-8-25-9-7-22)10-4-2-1-3-5-11(10)21-17(13)26-15(14)16(20)23/h1-9,19H2,(H2,20,23). The second-order valence-electron chi connectivity index (χ2n) is 6.77. The summed E-state index contributed by atoms with van der Waals surface area (Å²) in [5, 5.41) is 0.598. The van der Waals surface area contributed by atoms with Crippen molar-refractivity contribution in [1.82, 2.24) is 9.88 Å². The van der Waals surface area contributed by atoms with Crippen LogP contribution in [0.5, 0.6) is 0 Å². The van der Waals surface area contributed by atoms with E-state index < -0.39 is 5.91 Å². The molecule has 2 aromatic heterocycles. The molecular formula is C18H22N4O3S. The first-order valence-corrected chi connectivity index (χ1v) is 9.80. The molecule has 0 saturated carbocycles. The number of nitrogen functional groups attached to an aromatic ring is 1. The Morgan fingerprint density at radius 2 is 1.85 bits per heavy atom. The van der Waals surface area contributed by atoms with Crippen molar-refractivity contribution in [3.05, 3.63) is 21.7 Å². The summed E-state index contributed by atoms with van der Waals surface area (Å²) in [5.41, 5.74) is 14.6. The maximum atomic E-state index is 13.4. The molecule has 1 aliphatic heterocycles. The lowest BCUT2D eigenvalue weighted by molar-refractivity contribution is 0.0303. The molecule has 0 radical (unpaired) electrons. The van der Waals surface area contributed by atoms with Gasteiger partial charge in [0.1, 0.15) is 9.71 Å². The molecule has 138 valence electrons. The minimum Gasteiger partial charge on any atom is -0.397 e. The van der Waals surface area contributed by atoms with Crippen molar-refractivity contribution < 1.29 is 14.3 Å². The second-order valence-corrected chi connectivity index (χ2v) is 7.77. The predicted octanol–water partition coefficient (Wildman–Crippen LogP) is 1.72. The van der Waals surface area contributed by atoms with Gasteiger partial charge in [-0.2, -0.15) is 0 Å². The summed E-state index contributed by atoms with van der Waals surface area (Å²) in [6, 6.07) is 0. The van der Waals surface area contributed by atoms with Gasteiger partial charge in [-0.3, -0.25) is 9.59 Å². The number of amides is 2. The number of carbonyl (C=O) groups excluding carboxylic acids is 2. The number of morpholine rings is 1. The quantitative estimate of drug-likeness (QED) is 0.778. The number of aryl methyl sites for hydroxylation is 1. The molecule has 0 bridgehead atoms. The first-order valence-electron chi connectivity index (χ1n) is 8.98. The van der Waals surface area contributed by atoms with Gasteiger partial charge < -0.3 is 21.1 Å². The smallest absolute Gasteiger partial charge is 0.260 e. The van der Waals surface area contributed by atoms with Crippen LogP contribution in [0.1, 0.15) is 50.5 Å². The Balaban J connectivity index is 1.95. The minimum atomic E-state index is -0.578. The summed E-state index contributed by atoms with van der Waals surface area (Å²) in [4.78, 5) is 32.7. The topological polar surface area (TPSA) is 112 Å². The number of nitrogens with two attached hydrogens (primary N) is 2. The summed E-state index contributed by atoms with van der Waals surface area (Å²) >= 11 is 1.18. The fraction of sp³-hybridized carbons (Fsp3) is 0.500. The Hall–Kier alpha value is -2.19. The number of ether oxygens (including phenoxy) is 1. The lowest BCUT2D eigenvalue weighted by atomic mass is 9.97. The van der Waals surface area contributed by atoms with Gasteiger partial charge in [0.05, 0.1) is 24.5 Å². The summed E-state index contributed by atoms with van der Waals surface area (Å²) in [5.74, 6) is -0.621.